The van der Waals surface area contributed by atoms with E-state index < -0.39 is 0 Å². The second-order valence-corrected chi connectivity index (χ2v) is 6.02. The molecule has 1 fully saturated rings. The Hall–Kier alpha value is -2.59. The van der Waals surface area contributed by atoms with Crippen LogP contribution in [0.4, 0.5) is 0 Å². The summed E-state index contributed by atoms with van der Waals surface area (Å²) >= 11 is 0. The van der Waals surface area contributed by atoms with Crippen molar-refractivity contribution in [3.63, 3.8) is 0 Å². The van der Waals surface area contributed by atoms with Gasteiger partial charge in [-0.05, 0) is 24.3 Å². The SMILES string of the molecule is CN(C)C(=O)C[NH+]1CCN(C(=O)COc2ccc(C#N)cc2)CC1. The summed E-state index contributed by atoms with van der Waals surface area (Å²) in [4.78, 5) is 28.5. The Morgan fingerprint density at radius 2 is 1.88 bits per heavy atom. The van der Waals surface area contributed by atoms with Crippen LogP contribution in [0.3, 0.4) is 0 Å². The van der Waals surface area contributed by atoms with E-state index >= 15 is 0 Å². The maximum Gasteiger partial charge on any atom is 0.277 e. The monoisotopic (exact) mass is 331 g/mol. The highest BCUT2D eigenvalue weighted by Gasteiger charge is 2.25. The maximum atomic E-state index is 12.2. The minimum absolute atomic E-state index is 0.0160. The number of quaternary nitrogens is 1. The van der Waals surface area contributed by atoms with E-state index in [4.69, 9.17) is 10.00 Å². The molecule has 24 heavy (non-hydrogen) atoms. The number of likely N-dealkylation sites (N-methyl/N-ethyl adjacent to an activating group) is 1. The molecular weight excluding hydrogens is 308 g/mol. The van der Waals surface area contributed by atoms with Gasteiger partial charge in [0.15, 0.2) is 13.2 Å². The van der Waals surface area contributed by atoms with Crippen LogP contribution in [0, 0.1) is 11.3 Å². The van der Waals surface area contributed by atoms with Gasteiger partial charge in [0, 0.05) is 14.1 Å². The van der Waals surface area contributed by atoms with Gasteiger partial charge in [-0.25, -0.2) is 0 Å². The number of rotatable bonds is 5. The Kier molecular flexibility index (Phi) is 6.15. The topological polar surface area (TPSA) is 78.1 Å². The highest BCUT2D eigenvalue weighted by Crippen LogP contribution is 2.11. The summed E-state index contributed by atoms with van der Waals surface area (Å²) in [5, 5.41) is 8.75. The maximum absolute atomic E-state index is 12.2. The first-order valence-electron chi connectivity index (χ1n) is 7.94. The molecule has 0 aromatic heterocycles. The van der Waals surface area contributed by atoms with Crippen LogP contribution in [0.25, 0.3) is 0 Å². The third-order valence-electron chi connectivity index (χ3n) is 4.07. The Labute approximate surface area is 142 Å². The van der Waals surface area contributed by atoms with E-state index in [9.17, 15) is 9.59 Å². The number of nitrogens with one attached hydrogen (secondary N) is 1. The lowest BCUT2D eigenvalue weighted by Gasteiger charge is -2.32. The number of amides is 2. The standard InChI is InChI=1S/C17H22N4O3/c1-19(2)16(22)12-20-7-9-21(10-8-20)17(23)13-24-15-5-3-14(11-18)4-6-15/h3-6H,7-10,12-13H2,1-2H3/p+1. The molecule has 1 aromatic rings. The van der Waals surface area contributed by atoms with Crippen molar-refractivity contribution in [1.29, 1.82) is 5.26 Å². The minimum Gasteiger partial charge on any atom is -0.484 e. The van der Waals surface area contributed by atoms with E-state index in [-0.39, 0.29) is 18.4 Å². The van der Waals surface area contributed by atoms with Crippen LogP contribution in [0.5, 0.6) is 5.75 Å². The second-order valence-electron chi connectivity index (χ2n) is 6.02. The Balaban J connectivity index is 1.74. The first-order valence-corrected chi connectivity index (χ1v) is 7.94. The minimum atomic E-state index is -0.0580. The van der Waals surface area contributed by atoms with E-state index in [0.29, 0.717) is 30.9 Å². The average molecular weight is 331 g/mol. The van der Waals surface area contributed by atoms with Crippen LogP contribution in [0.15, 0.2) is 24.3 Å². The van der Waals surface area contributed by atoms with Gasteiger partial charge >= 0.3 is 0 Å². The smallest absolute Gasteiger partial charge is 0.277 e. The molecule has 2 rings (SSSR count). The van der Waals surface area contributed by atoms with Gasteiger partial charge in [0.25, 0.3) is 11.8 Å². The molecule has 1 aliphatic rings. The second kappa shape index (κ2) is 8.31. The largest absolute Gasteiger partial charge is 0.484 e. The van der Waals surface area contributed by atoms with Crippen molar-refractivity contribution in [2.45, 2.75) is 0 Å². The molecule has 1 aromatic carbocycles. The molecule has 1 N–H and O–H groups in total. The van der Waals surface area contributed by atoms with Gasteiger partial charge in [-0.3, -0.25) is 9.59 Å². The molecule has 0 atom stereocenters. The van der Waals surface area contributed by atoms with Crippen LogP contribution < -0.4 is 9.64 Å². The number of nitriles is 1. The number of benzene rings is 1. The zero-order chi connectivity index (χ0) is 17.5. The van der Waals surface area contributed by atoms with E-state index in [0.717, 1.165) is 13.1 Å². The third-order valence-corrected chi connectivity index (χ3v) is 4.07. The molecule has 0 saturated carbocycles. The first kappa shape index (κ1) is 17.8. The fourth-order valence-electron chi connectivity index (χ4n) is 2.48. The Morgan fingerprint density at radius 3 is 2.42 bits per heavy atom. The number of carbonyl (C=O) groups excluding carboxylic acids is 2. The van der Waals surface area contributed by atoms with Crippen molar-refractivity contribution in [1.82, 2.24) is 9.80 Å². The van der Waals surface area contributed by atoms with Gasteiger partial charge in [-0.15, -0.1) is 0 Å². The molecular formula is C17H23N4O3+. The summed E-state index contributed by atoms with van der Waals surface area (Å²) in [6.07, 6.45) is 0. The van der Waals surface area contributed by atoms with Crippen LogP contribution in [-0.4, -0.2) is 75.0 Å². The highest BCUT2D eigenvalue weighted by molar-refractivity contribution is 5.78. The van der Waals surface area contributed by atoms with Crippen LogP contribution >= 0.6 is 0 Å². The Bertz CT molecular complexity index is 614. The molecule has 1 aliphatic heterocycles. The zero-order valence-electron chi connectivity index (χ0n) is 14.1. The average Bonchev–Trinajstić information content (AvgIpc) is 2.60. The number of ether oxygens (including phenoxy) is 1. The van der Waals surface area contributed by atoms with Crippen molar-refractivity contribution in [3.8, 4) is 11.8 Å². The fraction of sp³-hybridized carbons (Fsp3) is 0.471. The van der Waals surface area contributed by atoms with Gasteiger partial charge in [0.1, 0.15) is 5.75 Å². The van der Waals surface area contributed by atoms with Gasteiger partial charge in [0.2, 0.25) is 0 Å². The van der Waals surface area contributed by atoms with Crippen molar-refractivity contribution in [2.75, 3.05) is 53.4 Å². The third kappa shape index (κ3) is 4.96. The van der Waals surface area contributed by atoms with Crippen molar-refractivity contribution in [3.05, 3.63) is 29.8 Å². The molecule has 1 heterocycles. The summed E-state index contributed by atoms with van der Waals surface area (Å²) in [5.41, 5.74) is 0.556. The highest BCUT2D eigenvalue weighted by atomic mass is 16.5. The van der Waals surface area contributed by atoms with Crippen LogP contribution in [0.1, 0.15) is 5.56 Å². The number of piperazine rings is 1. The first-order chi connectivity index (χ1) is 11.5. The lowest BCUT2D eigenvalue weighted by atomic mass is 10.2. The quantitative estimate of drug-likeness (QED) is 0.732. The summed E-state index contributed by atoms with van der Waals surface area (Å²) in [6.45, 7) is 3.25. The van der Waals surface area contributed by atoms with Crippen molar-refractivity contribution in [2.24, 2.45) is 0 Å². The predicted molar refractivity (Wildman–Crippen MR) is 87.5 cm³/mol. The Morgan fingerprint density at radius 1 is 1.25 bits per heavy atom. The number of carbonyl (C=O) groups is 2. The van der Waals surface area contributed by atoms with E-state index in [1.165, 1.54) is 4.90 Å². The molecule has 128 valence electrons. The van der Waals surface area contributed by atoms with Crippen molar-refractivity contribution < 1.29 is 19.2 Å². The summed E-state index contributed by atoms with van der Waals surface area (Å²) < 4.78 is 5.48. The molecule has 1 saturated heterocycles. The summed E-state index contributed by atoms with van der Waals surface area (Å²) in [7, 11) is 3.50. The van der Waals surface area contributed by atoms with Gasteiger partial charge in [-0.1, -0.05) is 0 Å². The molecule has 0 aliphatic carbocycles. The summed E-state index contributed by atoms with van der Waals surface area (Å²) in [6, 6.07) is 8.71. The number of nitrogens with zero attached hydrogens (tertiary/aromatic N) is 3. The van der Waals surface area contributed by atoms with E-state index in [1.807, 2.05) is 6.07 Å². The molecule has 2 amide bonds. The number of hydrogen-bond donors (Lipinski definition) is 1. The fourth-order valence-corrected chi connectivity index (χ4v) is 2.48. The molecule has 0 unspecified atom stereocenters. The molecule has 7 nitrogen and oxygen atoms in total. The molecule has 7 heteroatoms. The zero-order valence-corrected chi connectivity index (χ0v) is 14.1. The lowest BCUT2D eigenvalue weighted by Crippen LogP contribution is -3.15. The predicted octanol–water partition coefficient (Wildman–Crippen LogP) is -1.25. The van der Waals surface area contributed by atoms with Crippen LogP contribution in [-0.2, 0) is 9.59 Å². The van der Waals surface area contributed by atoms with Crippen LogP contribution in [0.2, 0.25) is 0 Å². The summed E-state index contributed by atoms with van der Waals surface area (Å²) in [5.74, 6) is 0.620. The van der Waals surface area contributed by atoms with Gasteiger partial charge in [0.05, 0.1) is 37.8 Å². The van der Waals surface area contributed by atoms with Gasteiger partial charge < -0.3 is 19.4 Å². The normalized spacial score (nSPS) is 14.8. The van der Waals surface area contributed by atoms with Crippen molar-refractivity contribution >= 4 is 11.8 Å². The van der Waals surface area contributed by atoms with Gasteiger partial charge in [-0.2, -0.15) is 5.26 Å². The number of hydrogen-bond acceptors (Lipinski definition) is 4. The van der Waals surface area contributed by atoms with E-state index in [2.05, 4.69) is 0 Å². The molecule has 0 spiro atoms. The van der Waals surface area contributed by atoms with E-state index in [1.54, 1.807) is 48.2 Å². The molecule has 0 bridgehead atoms. The lowest BCUT2D eigenvalue weighted by molar-refractivity contribution is -0.896. The molecule has 0 radical (unpaired) electrons.